The van der Waals surface area contributed by atoms with E-state index in [1.807, 2.05) is 6.92 Å². The molecule has 0 unspecified atom stereocenters. The van der Waals surface area contributed by atoms with Crippen molar-refractivity contribution in [1.29, 1.82) is 0 Å². The van der Waals surface area contributed by atoms with Crippen molar-refractivity contribution in [3.05, 3.63) is 48.4 Å². The van der Waals surface area contributed by atoms with Gasteiger partial charge in [0, 0.05) is 5.69 Å². The number of nitrogens with one attached hydrogen (secondary N) is 2. The van der Waals surface area contributed by atoms with Gasteiger partial charge in [0.05, 0.1) is 25.0 Å². The van der Waals surface area contributed by atoms with Crippen LogP contribution in [0.4, 0.5) is 5.69 Å². The number of hydrogen-bond donors (Lipinski definition) is 2. The van der Waals surface area contributed by atoms with Gasteiger partial charge in [0.15, 0.2) is 0 Å². The second-order valence-electron chi connectivity index (χ2n) is 4.20. The average Bonchev–Trinajstić information content (AvgIpc) is 3.01. The predicted octanol–water partition coefficient (Wildman–Crippen LogP) is 2.05. The lowest BCUT2D eigenvalue weighted by molar-refractivity contribution is -0.115. The summed E-state index contributed by atoms with van der Waals surface area (Å²) in [6.45, 7) is 2.38. The van der Waals surface area contributed by atoms with Gasteiger partial charge in [-0.1, -0.05) is 0 Å². The Bertz CT molecular complexity index is 591. The Morgan fingerprint density at radius 3 is 2.57 bits per heavy atom. The lowest BCUT2D eigenvalue weighted by atomic mass is 10.3. The van der Waals surface area contributed by atoms with E-state index in [0.29, 0.717) is 17.9 Å². The fourth-order valence-corrected chi connectivity index (χ4v) is 1.66. The minimum atomic E-state index is -0.356. The first-order valence-corrected chi connectivity index (χ1v) is 6.52. The second-order valence-corrected chi connectivity index (χ2v) is 4.20. The van der Waals surface area contributed by atoms with Crippen molar-refractivity contribution in [1.82, 2.24) is 5.32 Å². The van der Waals surface area contributed by atoms with Crippen molar-refractivity contribution in [2.75, 3.05) is 18.5 Å². The zero-order chi connectivity index (χ0) is 15.1. The van der Waals surface area contributed by atoms with Crippen LogP contribution in [0.15, 0.2) is 47.3 Å². The molecule has 0 bridgehead atoms. The predicted molar refractivity (Wildman–Crippen MR) is 77.3 cm³/mol. The number of anilines is 1. The summed E-state index contributed by atoms with van der Waals surface area (Å²) >= 11 is 0. The maximum absolute atomic E-state index is 11.7. The number of hydrogen-bond acceptors (Lipinski definition) is 4. The summed E-state index contributed by atoms with van der Waals surface area (Å²) in [5, 5.41) is 5.18. The van der Waals surface area contributed by atoms with Crippen molar-refractivity contribution < 1.29 is 18.7 Å². The topological polar surface area (TPSA) is 80.6 Å². The number of amides is 2. The summed E-state index contributed by atoms with van der Waals surface area (Å²) in [4.78, 5) is 23.3. The van der Waals surface area contributed by atoms with Gasteiger partial charge in [-0.3, -0.25) is 9.59 Å². The van der Waals surface area contributed by atoms with Crippen LogP contribution < -0.4 is 15.4 Å². The standard InChI is InChI=1S/C15H16N2O4/c1-2-21-13-5-3-12(4-6-13)17-14(18)9-16-15(19)11-7-8-20-10-11/h3-8,10H,2,9H2,1H3,(H,16,19)(H,17,18). The van der Waals surface area contributed by atoms with E-state index >= 15 is 0 Å². The first-order valence-electron chi connectivity index (χ1n) is 6.52. The molecule has 1 aromatic heterocycles. The van der Waals surface area contributed by atoms with Gasteiger partial charge >= 0.3 is 0 Å². The fourth-order valence-electron chi connectivity index (χ4n) is 1.66. The number of carbonyl (C=O) groups is 2. The molecule has 0 aliphatic carbocycles. The van der Waals surface area contributed by atoms with Gasteiger partial charge in [0.2, 0.25) is 5.91 Å². The van der Waals surface area contributed by atoms with E-state index in [2.05, 4.69) is 10.6 Å². The average molecular weight is 288 g/mol. The molecule has 110 valence electrons. The maximum Gasteiger partial charge on any atom is 0.254 e. The molecular formula is C15H16N2O4. The molecule has 0 aliphatic heterocycles. The van der Waals surface area contributed by atoms with Crippen LogP contribution in [-0.4, -0.2) is 25.0 Å². The minimum Gasteiger partial charge on any atom is -0.494 e. The Kier molecular flexibility index (Phi) is 4.98. The lowest BCUT2D eigenvalue weighted by Crippen LogP contribution is -2.32. The summed E-state index contributed by atoms with van der Waals surface area (Å²) in [5.41, 5.74) is 1.02. The second kappa shape index (κ2) is 7.14. The summed E-state index contributed by atoms with van der Waals surface area (Å²) < 4.78 is 10.1. The summed E-state index contributed by atoms with van der Waals surface area (Å²) in [6.07, 6.45) is 2.72. The molecule has 2 amide bonds. The molecule has 6 heteroatoms. The normalized spacial score (nSPS) is 9.95. The molecule has 0 radical (unpaired) electrons. The van der Waals surface area contributed by atoms with Gasteiger partial charge < -0.3 is 19.8 Å². The van der Waals surface area contributed by atoms with Gasteiger partial charge in [-0.05, 0) is 37.3 Å². The highest BCUT2D eigenvalue weighted by Crippen LogP contribution is 2.15. The van der Waals surface area contributed by atoms with Crippen molar-refractivity contribution in [2.45, 2.75) is 6.92 Å². The molecule has 2 N–H and O–H groups in total. The van der Waals surface area contributed by atoms with Crippen LogP contribution in [0.2, 0.25) is 0 Å². The zero-order valence-corrected chi connectivity index (χ0v) is 11.6. The molecule has 0 spiro atoms. The molecule has 1 aromatic carbocycles. The Balaban J connectivity index is 1.80. The monoisotopic (exact) mass is 288 g/mol. The van der Waals surface area contributed by atoms with E-state index in [1.165, 1.54) is 18.6 Å². The van der Waals surface area contributed by atoms with Crippen molar-refractivity contribution >= 4 is 17.5 Å². The highest BCUT2D eigenvalue weighted by Gasteiger charge is 2.09. The lowest BCUT2D eigenvalue weighted by Gasteiger charge is -2.07. The highest BCUT2D eigenvalue weighted by molar-refractivity contribution is 5.99. The molecule has 2 rings (SSSR count). The first-order chi connectivity index (χ1) is 10.2. The molecular weight excluding hydrogens is 272 g/mol. The summed E-state index contributed by atoms with van der Waals surface area (Å²) in [5.74, 6) is 0.0744. The van der Waals surface area contributed by atoms with Crippen LogP contribution in [0.5, 0.6) is 5.75 Å². The fraction of sp³-hybridized carbons (Fsp3) is 0.200. The molecule has 0 fully saturated rings. The number of benzene rings is 1. The molecule has 0 atom stereocenters. The number of ether oxygens (including phenoxy) is 1. The number of furan rings is 1. The van der Waals surface area contributed by atoms with E-state index in [9.17, 15) is 9.59 Å². The number of carbonyl (C=O) groups excluding carboxylic acids is 2. The van der Waals surface area contributed by atoms with Crippen molar-refractivity contribution in [3.63, 3.8) is 0 Å². The largest absolute Gasteiger partial charge is 0.494 e. The third kappa shape index (κ3) is 4.38. The van der Waals surface area contributed by atoms with Crippen LogP contribution in [0, 0.1) is 0 Å². The number of rotatable bonds is 6. The van der Waals surface area contributed by atoms with E-state index < -0.39 is 0 Å². The third-order valence-corrected chi connectivity index (χ3v) is 2.64. The van der Waals surface area contributed by atoms with Crippen LogP contribution in [0.25, 0.3) is 0 Å². The van der Waals surface area contributed by atoms with Crippen LogP contribution in [0.3, 0.4) is 0 Å². The summed E-state index contributed by atoms with van der Waals surface area (Å²) in [6, 6.07) is 8.54. The highest BCUT2D eigenvalue weighted by atomic mass is 16.5. The van der Waals surface area contributed by atoms with Gasteiger partial charge in [0.1, 0.15) is 12.0 Å². The van der Waals surface area contributed by atoms with Gasteiger partial charge in [-0.2, -0.15) is 0 Å². The smallest absolute Gasteiger partial charge is 0.254 e. The van der Waals surface area contributed by atoms with E-state index in [1.54, 1.807) is 24.3 Å². The van der Waals surface area contributed by atoms with Gasteiger partial charge in [-0.15, -0.1) is 0 Å². The Labute approximate surface area is 122 Å². The zero-order valence-electron chi connectivity index (χ0n) is 11.6. The van der Waals surface area contributed by atoms with E-state index in [0.717, 1.165) is 5.75 Å². The van der Waals surface area contributed by atoms with Crippen LogP contribution >= 0.6 is 0 Å². The van der Waals surface area contributed by atoms with Crippen molar-refractivity contribution in [2.24, 2.45) is 0 Å². The Hall–Kier alpha value is -2.76. The molecule has 6 nitrogen and oxygen atoms in total. The van der Waals surface area contributed by atoms with E-state index in [4.69, 9.17) is 9.15 Å². The van der Waals surface area contributed by atoms with Crippen LogP contribution in [-0.2, 0) is 4.79 Å². The molecule has 0 saturated carbocycles. The quantitative estimate of drug-likeness (QED) is 0.852. The molecule has 2 aromatic rings. The SMILES string of the molecule is CCOc1ccc(NC(=O)CNC(=O)c2ccoc2)cc1. The van der Waals surface area contributed by atoms with Crippen LogP contribution in [0.1, 0.15) is 17.3 Å². The molecule has 0 aliphatic rings. The Morgan fingerprint density at radius 1 is 1.19 bits per heavy atom. The first kappa shape index (κ1) is 14.6. The van der Waals surface area contributed by atoms with E-state index in [-0.39, 0.29) is 18.4 Å². The van der Waals surface area contributed by atoms with Crippen molar-refractivity contribution in [3.8, 4) is 5.75 Å². The minimum absolute atomic E-state index is 0.114. The Morgan fingerprint density at radius 2 is 1.95 bits per heavy atom. The molecule has 0 saturated heterocycles. The molecule has 21 heavy (non-hydrogen) atoms. The molecule has 1 heterocycles. The summed E-state index contributed by atoms with van der Waals surface area (Å²) in [7, 11) is 0. The van der Waals surface area contributed by atoms with Gasteiger partial charge in [0.25, 0.3) is 5.91 Å². The maximum atomic E-state index is 11.7. The van der Waals surface area contributed by atoms with Gasteiger partial charge in [-0.25, -0.2) is 0 Å². The third-order valence-electron chi connectivity index (χ3n) is 2.64.